The fourth-order valence-electron chi connectivity index (χ4n) is 3.28. The summed E-state index contributed by atoms with van der Waals surface area (Å²) < 4.78 is 54.9. The van der Waals surface area contributed by atoms with Gasteiger partial charge in [-0.15, -0.1) is 0 Å². The van der Waals surface area contributed by atoms with Crippen LogP contribution in [0.15, 0.2) is 82.6 Å². The van der Waals surface area contributed by atoms with E-state index in [-0.39, 0.29) is 29.4 Å². The predicted molar refractivity (Wildman–Crippen MR) is 140 cm³/mol. The molecule has 0 radical (unpaired) electrons. The molecule has 1 amide bonds. The molecule has 0 spiro atoms. The number of nitrogens with one attached hydrogen (secondary N) is 2. The largest absolute Gasteiger partial charge is 0.354 e. The molecular formula is C25H28ClN3O5S2. The lowest BCUT2D eigenvalue weighted by Crippen LogP contribution is -2.42. The molecular weight excluding hydrogens is 522 g/mol. The third-order valence-electron chi connectivity index (χ3n) is 5.32. The lowest BCUT2D eigenvalue weighted by Gasteiger charge is -2.22. The molecule has 0 bridgehead atoms. The second kappa shape index (κ2) is 12.0. The van der Waals surface area contributed by atoms with Crippen LogP contribution in [0.1, 0.15) is 16.7 Å². The van der Waals surface area contributed by atoms with Gasteiger partial charge in [-0.25, -0.2) is 21.6 Å². The van der Waals surface area contributed by atoms with Gasteiger partial charge in [0.15, 0.2) is 0 Å². The first-order valence-corrected chi connectivity index (χ1v) is 14.4. The van der Waals surface area contributed by atoms with Crippen LogP contribution in [-0.4, -0.2) is 46.7 Å². The minimum Gasteiger partial charge on any atom is -0.354 e. The highest BCUT2D eigenvalue weighted by molar-refractivity contribution is 7.89. The van der Waals surface area contributed by atoms with E-state index >= 15 is 0 Å². The number of hydrogen-bond donors (Lipinski definition) is 2. The Hall–Kier alpha value is -2.76. The highest BCUT2D eigenvalue weighted by Crippen LogP contribution is 2.20. The number of amides is 1. The van der Waals surface area contributed by atoms with Crippen molar-refractivity contribution in [2.45, 2.75) is 30.2 Å². The topological polar surface area (TPSA) is 113 Å². The van der Waals surface area contributed by atoms with Gasteiger partial charge in [0.1, 0.15) is 0 Å². The SMILES string of the molecule is Cc1ccc(S(=O)(=O)NCCNC(=O)CN(Cc2ccc(Cl)cc2)S(=O)(=O)c2ccc(C)cc2)cc1. The first-order chi connectivity index (χ1) is 17.0. The summed E-state index contributed by atoms with van der Waals surface area (Å²) in [6.45, 7) is 3.16. The second-order valence-electron chi connectivity index (χ2n) is 8.27. The van der Waals surface area contributed by atoms with Gasteiger partial charge in [-0.1, -0.05) is 59.1 Å². The molecule has 0 saturated carbocycles. The maximum atomic E-state index is 13.3. The molecule has 3 rings (SSSR count). The fraction of sp³-hybridized carbons (Fsp3) is 0.240. The summed E-state index contributed by atoms with van der Waals surface area (Å²) in [6.07, 6.45) is 0. The van der Waals surface area contributed by atoms with E-state index < -0.39 is 32.5 Å². The number of carbonyl (C=O) groups is 1. The molecule has 0 fully saturated rings. The number of nitrogens with zero attached hydrogens (tertiary/aromatic N) is 1. The highest BCUT2D eigenvalue weighted by atomic mass is 35.5. The zero-order chi connectivity index (χ0) is 26.3. The Kier molecular flexibility index (Phi) is 9.26. The van der Waals surface area contributed by atoms with E-state index in [1.807, 2.05) is 13.8 Å². The smallest absolute Gasteiger partial charge is 0.243 e. The van der Waals surface area contributed by atoms with Crippen LogP contribution in [0.5, 0.6) is 0 Å². The zero-order valence-electron chi connectivity index (χ0n) is 19.9. The molecule has 8 nitrogen and oxygen atoms in total. The van der Waals surface area contributed by atoms with E-state index in [1.54, 1.807) is 48.5 Å². The van der Waals surface area contributed by atoms with Gasteiger partial charge < -0.3 is 5.32 Å². The number of carbonyl (C=O) groups excluding carboxylic acids is 1. The maximum Gasteiger partial charge on any atom is 0.243 e. The van der Waals surface area contributed by atoms with E-state index in [4.69, 9.17) is 11.6 Å². The average Bonchev–Trinajstić information content (AvgIpc) is 2.83. The van der Waals surface area contributed by atoms with Crippen molar-refractivity contribution in [2.24, 2.45) is 0 Å². The number of aryl methyl sites for hydroxylation is 2. The molecule has 192 valence electrons. The van der Waals surface area contributed by atoms with E-state index in [1.165, 1.54) is 24.3 Å². The Balaban J connectivity index is 1.66. The summed E-state index contributed by atoms with van der Waals surface area (Å²) in [7, 11) is -7.71. The standard InChI is InChI=1S/C25H28ClN3O5S2/c1-19-3-11-23(12-4-19)35(31,32)28-16-15-27-25(30)18-29(17-21-7-9-22(26)10-8-21)36(33,34)24-13-5-20(2)6-14-24/h3-14,28H,15-18H2,1-2H3,(H,27,30). The molecule has 11 heteroatoms. The van der Waals surface area contributed by atoms with Crippen LogP contribution in [0.3, 0.4) is 0 Å². The molecule has 0 aliphatic carbocycles. The average molecular weight is 550 g/mol. The van der Waals surface area contributed by atoms with Crippen molar-refractivity contribution in [1.82, 2.24) is 14.3 Å². The van der Waals surface area contributed by atoms with Gasteiger partial charge >= 0.3 is 0 Å². The Morgan fingerprint density at radius 2 is 1.31 bits per heavy atom. The third-order valence-corrected chi connectivity index (χ3v) is 8.86. The summed E-state index contributed by atoms with van der Waals surface area (Å²) in [4.78, 5) is 12.8. The van der Waals surface area contributed by atoms with Crippen molar-refractivity contribution in [3.05, 3.63) is 94.5 Å². The van der Waals surface area contributed by atoms with Crippen LogP contribution in [-0.2, 0) is 31.4 Å². The molecule has 0 aliphatic heterocycles. The number of sulfonamides is 2. The fourth-order valence-corrected chi connectivity index (χ4v) is 5.83. The predicted octanol–water partition coefficient (Wildman–Crippen LogP) is 3.24. The number of rotatable bonds is 11. The first kappa shape index (κ1) is 27.8. The molecule has 3 aromatic carbocycles. The van der Waals surface area contributed by atoms with Crippen molar-refractivity contribution in [3.63, 3.8) is 0 Å². The van der Waals surface area contributed by atoms with Crippen molar-refractivity contribution < 1.29 is 21.6 Å². The minimum atomic E-state index is -3.99. The molecule has 2 N–H and O–H groups in total. The molecule has 0 unspecified atom stereocenters. The van der Waals surface area contributed by atoms with E-state index in [0.717, 1.165) is 15.4 Å². The Labute approximate surface area is 217 Å². The Morgan fingerprint density at radius 1 is 0.778 bits per heavy atom. The number of hydrogen-bond acceptors (Lipinski definition) is 5. The van der Waals surface area contributed by atoms with Crippen LogP contribution in [0, 0.1) is 13.8 Å². The summed E-state index contributed by atoms with van der Waals surface area (Å²) >= 11 is 5.94. The summed E-state index contributed by atoms with van der Waals surface area (Å²) in [6, 6.07) is 19.4. The van der Waals surface area contributed by atoms with Gasteiger partial charge in [-0.05, 0) is 55.8 Å². The molecule has 0 aromatic heterocycles. The van der Waals surface area contributed by atoms with Gasteiger partial charge in [0.25, 0.3) is 0 Å². The summed E-state index contributed by atoms with van der Waals surface area (Å²) in [5.74, 6) is -0.561. The van der Waals surface area contributed by atoms with Gasteiger partial charge in [0.05, 0.1) is 16.3 Å². The molecule has 0 aliphatic rings. The lowest BCUT2D eigenvalue weighted by atomic mass is 10.2. The number of halogens is 1. The third kappa shape index (κ3) is 7.62. The van der Waals surface area contributed by atoms with Crippen LogP contribution < -0.4 is 10.0 Å². The Bertz CT molecular complexity index is 1390. The van der Waals surface area contributed by atoms with Gasteiger partial charge in [0.2, 0.25) is 26.0 Å². The van der Waals surface area contributed by atoms with E-state index in [0.29, 0.717) is 10.6 Å². The molecule has 0 saturated heterocycles. The minimum absolute atomic E-state index is 0.0106. The maximum absolute atomic E-state index is 13.3. The molecule has 0 atom stereocenters. The van der Waals surface area contributed by atoms with Gasteiger partial charge in [-0.3, -0.25) is 4.79 Å². The summed E-state index contributed by atoms with van der Waals surface area (Å²) in [5.41, 5.74) is 2.50. The normalized spacial score (nSPS) is 12.0. The summed E-state index contributed by atoms with van der Waals surface area (Å²) in [5, 5.41) is 3.09. The highest BCUT2D eigenvalue weighted by Gasteiger charge is 2.27. The number of benzene rings is 3. The monoisotopic (exact) mass is 549 g/mol. The Morgan fingerprint density at radius 3 is 1.86 bits per heavy atom. The van der Waals surface area contributed by atoms with Crippen molar-refractivity contribution in [1.29, 1.82) is 0 Å². The van der Waals surface area contributed by atoms with Crippen LogP contribution in [0.2, 0.25) is 5.02 Å². The van der Waals surface area contributed by atoms with Gasteiger partial charge in [-0.2, -0.15) is 4.31 Å². The van der Waals surface area contributed by atoms with Crippen molar-refractivity contribution in [3.8, 4) is 0 Å². The van der Waals surface area contributed by atoms with Crippen molar-refractivity contribution >= 4 is 37.6 Å². The van der Waals surface area contributed by atoms with Crippen LogP contribution >= 0.6 is 11.6 Å². The van der Waals surface area contributed by atoms with Gasteiger partial charge in [0, 0.05) is 24.7 Å². The molecule has 0 heterocycles. The quantitative estimate of drug-likeness (QED) is 0.357. The van der Waals surface area contributed by atoms with Crippen molar-refractivity contribution in [2.75, 3.05) is 19.6 Å². The molecule has 36 heavy (non-hydrogen) atoms. The lowest BCUT2D eigenvalue weighted by molar-refractivity contribution is -0.121. The second-order valence-corrected chi connectivity index (χ2v) is 12.4. The van der Waals surface area contributed by atoms with Crippen LogP contribution in [0.4, 0.5) is 0 Å². The molecule has 3 aromatic rings. The first-order valence-electron chi connectivity index (χ1n) is 11.1. The van der Waals surface area contributed by atoms with E-state index in [2.05, 4.69) is 10.0 Å². The van der Waals surface area contributed by atoms with Crippen LogP contribution in [0.25, 0.3) is 0 Å². The zero-order valence-corrected chi connectivity index (χ0v) is 22.3. The van der Waals surface area contributed by atoms with E-state index in [9.17, 15) is 21.6 Å².